The van der Waals surface area contributed by atoms with Crippen LogP contribution in [0.4, 0.5) is 0 Å². The molecule has 10 nitrogen and oxygen atoms in total. The summed E-state index contributed by atoms with van der Waals surface area (Å²) in [6.07, 6.45) is -2.13. The van der Waals surface area contributed by atoms with Gasteiger partial charge in [0.1, 0.15) is 17.6 Å². The highest BCUT2D eigenvalue weighted by molar-refractivity contribution is 7.84. The van der Waals surface area contributed by atoms with Crippen molar-refractivity contribution in [3.05, 3.63) is 11.6 Å². The van der Waals surface area contributed by atoms with E-state index >= 15 is 0 Å². The van der Waals surface area contributed by atoms with E-state index < -0.39 is 43.9 Å². The Bertz CT molecular complexity index is 376. The van der Waals surface area contributed by atoms with Gasteiger partial charge in [-0.2, -0.15) is 10.2 Å². The first-order chi connectivity index (χ1) is 7.46. The third-order valence-corrected chi connectivity index (χ3v) is 3.58. The van der Waals surface area contributed by atoms with Crippen LogP contribution in [0.15, 0.2) is 11.6 Å². The number of hydrogen-bond acceptors (Lipinski definition) is 6. The maximum atomic E-state index is 11.0. The quantitative estimate of drug-likeness (QED) is 0.278. The van der Waals surface area contributed by atoms with Crippen molar-refractivity contribution in [2.45, 2.75) is 0 Å². The van der Waals surface area contributed by atoms with Crippen LogP contribution in [0.1, 0.15) is 0 Å². The van der Waals surface area contributed by atoms with Gasteiger partial charge in [-0.15, -0.1) is 0 Å². The highest BCUT2D eigenvalue weighted by atomic mass is 32.2. The fourth-order valence-electron chi connectivity index (χ4n) is 0.808. The zero-order chi connectivity index (χ0) is 13.9. The molecule has 0 fully saturated rings. The largest absolute Gasteiger partial charge is 0.344 e. The third-order valence-electron chi connectivity index (χ3n) is 1.34. The molecule has 0 spiro atoms. The monoisotopic (exact) mass is 310 g/mol. The molecule has 1 atom stereocenters. The summed E-state index contributed by atoms with van der Waals surface area (Å²) in [6.45, 7) is 3.13. The summed E-state index contributed by atoms with van der Waals surface area (Å²) in [5.74, 6) is 4.56. The van der Waals surface area contributed by atoms with E-state index in [1.807, 2.05) is 0 Å². The minimum atomic E-state index is -4.62. The Hall–Kier alpha value is -0.0900. The van der Waals surface area contributed by atoms with Gasteiger partial charge in [-0.3, -0.25) is 9.13 Å². The average Bonchev–Trinajstić information content (AvgIpc) is 2.09. The molecule has 0 bridgehead atoms. The molecular weight excluding hydrogens is 298 g/mol. The second kappa shape index (κ2) is 6.19. The van der Waals surface area contributed by atoms with Crippen LogP contribution in [0, 0.1) is 0 Å². The second-order valence-electron chi connectivity index (χ2n) is 2.88. The molecule has 0 aliphatic rings. The molecule has 0 heterocycles. The number of rotatable bonds is 7. The molecule has 0 aromatic heterocycles. The van der Waals surface area contributed by atoms with Crippen molar-refractivity contribution in [2.75, 3.05) is 12.6 Å². The van der Waals surface area contributed by atoms with Crippen LogP contribution < -0.4 is 5.90 Å². The Balaban J connectivity index is 4.99. The van der Waals surface area contributed by atoms with E-state index in [1.54, 1.807) is 0 Å². The Morgan fingerprint density at radius 3 is 1.82 bits per heavy atom. The minimum absolute atomic E-state index is 0.463. The fraction of sp³-hybridized carbons (Fsp3) is 0.500. The number of nitrogens with two attached hydrogens (primary N) is 1. The Morgan fingerprint density at radius 2 is 1.59 bits per heavy atom. The lowest BCUT2D eigenvalue weighted by Crippen LogP contribution is -2.28. The van der Waals surface area contributed by atoms with Crippen molar-refractivity contribution in [3.63, 3.8) is 0 Å². The summed E-state index contributed by atoms with van der Waals surface area (Å²) in [5, 5.41) is -0.556. The van der Waals surface area contributed by atoms with E-state index in [1.165, 1.54) is 0 Å². The van der Waals surface area contributed by atoms with Gasteiger partial charge in [-0.05, 0) is 0 Å². The van der Waals surface area contributed by atoms with Crippen molar-refractivity contribution >= 4 is 26.3 Å². The molecule has 6 N–H and O–H groups in total. The van der Waals surface area contributed by atoms with E-state index in [2.05, 4.69) is 16.8 Å². The van der Waals surface area contributed by atoms with Gasteiger partial charge in [0.05, 0.1) is 0 Å². The molecule has 102 valence electrons. The summed E-state index contributed by atoms with van der Waals surface area (Å²) >= 11 is -2.35. The zero-order valence-corrected chi connectivity index (χ0v) is 11.0. The van der Waals surface area contributed by atoms with Gasteiger partial charge in [-0.25, -0.2) is 4.21 Å². The maximum absolute atomic E-state index is 11.0. The summed E-state index contributed by atoms with van der Waals surface area (Å²) < 4.78 is 36.3. The highest BCUT2D eigenvalue weighted by Gasteiger charge is 2.29. The summed E-state index contributed by atoms with van der Waals surface area (Å²) in [7, 11) is -9.24. The predicted molar refractivity (Wildman–Crippen MR) is 58.2 cm³/mol. The predicted octanol–water partition coefficient (Wildman–Crippen LogP) is -1.42. The topological polar surface area (TPSA) is 171 Å². The van der Waals surface area contributed by atoms with Gasteiger partial charge in [0.15, 0.2) is 0 Å². The first-order valence-corrected chi connectivity index (χ1v) is 8.45. The van der Waals surface area contributed by atoms with E-state index in [0.717, 1.165) is 0 Å². The molecule has 0 aliphatic heterocycles. The average molecular weight is 310 g/mol. The standard InChI is InChI=1S/C4H12N2O8P2S/c1-4(17(13)14-5)6(2-15(7,8)9)3-16(10,11)12/h1-3,5H2,(H2,7,8,9)(H2,10,11,12). The minimum Gasteiger partial charge on any atom is -0.339 e. The Labute approximate surface area is 99.0 Å². The molecule has 0 radical (unpaired) electrons. The lowest BCUT2D eigenvalue weighted by molar-refractivity contribution is 0.311. The van der Waals surface area contributed by atoms with Gasteiger partial charge >= 0.3 is 15.2 Å². The summed E-state index contributed by atoms with van der Waals surface area (Å²) in [5.41, 5.74) is 0. The van der Waals surface area contributed by atoms with Gasteiger partial charge in [0, 0.05) is 0 Å². The first-order valence-electron chi connectivity index (χ1n) is 3.78. The molecular formula is C4H12N2O8P2S. The van der Waals surface area contributed by atoms with Gasteiger partial charge in [0.2, 0.25) is 11.1 Å². The van der Waals surface area contributed by atoms with Gasteiger partial charge in [0.25, 0.3) is 0 Å². The maximum Gasteiger partial charge on any atom is 0.344 e. The normalized spacial score (nSPS) is 14.4. The van der Waals surface area contributed by atoms with Crippen LogP contribution >= 0.6 is 15.2 Å². The van der Waals surface area contributed by atoms with Crippen LogP contribution in [0.3, 0.4) is 0 Å². The Kier molecular flexibility index (Phi) is 6.15. The molecule has 17 heavy (non-hydrogen) atoms. The van der Waals surface area contributed by atoms with Crippen LogP contribution in [-0.4, -0.2) is 41.3 Å². The van der Waals surface area contributed by atoms with Gasteiger partial charge in [-0.1, -0.05) is 6.58 Å². The van der Waals surface area contributed by atoms with E-state index in [4.69, 9.17) is 19.6 Å². The lowest BCUT2D eigenvalue weighted by Gasteiger charge is -2.25. The lowest BCUT2D eigenvalue weighted by atomic mass is 10.8. The zero-order valence-electron chi connectivity index (χ0n) is 8.37. The molecule has 0 amide bonds. The molecule has 0 saturated carbocycles. The molecule has 0 aromatic rings. The number of nitrogens with zero attached hydrogens (tertiary/aromatic N) is 1. The van der Waals surface area contributed by atoms with Gasteiger partial charge < -0.3 is 24.5 Å². The fourth-order valence-corrected chi connectivity index (χ4v) is 3.04. The third kappa shape index (κ3) is 7.77. The van der Waals surface area contributed by atoms with Crippen molar-refractivity contribution in [2.24, 2.45) is 5.90 Å². The molecule has 13 heteroatoms. The van der Waals surface area contributed by atoms with E-state index in [9.17, 15) is 13.3 Å². The Morgan fingerprint density at radius 1 is 1.24 bits per heavy atom. The second-order valence-corrected chi connectivity index (χ2v) is 7.23. The molecule has 0 aliphatic carbocycles. The highest BCUT2D eigenvalue weighted by Crippen LogP contribution is 2.42. The van der Waals surface area contributed by atoms with Crippen LogP contribution in [-0.2, 0) is 24.5 Å². The molecule has 0 saturated heterocycles. The molecule has 1 unspecified atom stereocenters. The van der Waals surface area contributed by atoms with Crippen molar-refractivity contribution in [1.82, 2.24) is 4.90 Å². The molecule has 0 rings (SSSR count). The van der Waals surface area contributed by atoms with E-state index in [0.29, 0.717) is 4.90 Å². The summed E-state index contributed by atoms with van der Waals surface area (Å²) in [6, 6.07) is 0. The molecule has 0 aromatic carbocycles. The van der Waals surface area contributed by atoms with Crippen molar-refractivity contribution in [1.29, 1.82) is 0 Å². The van der Waals surface area contributed by atoms with Crippen LogP contribution in [0.25, 0.3) is 0 Å². The van der Waals surface area contributed by atoms with Crippen LogP contribution in [0.2, 0.25) is 0 Å². The number of hydrogen-bond donors (Lipinski definition) is 5. The SMILES string of the molecule is C=C(N(CP(=O)(O)O)CP(=O)(O)O)S(=O)ON. The van der Waals surface area contributed by atoms with E-state index in [-0.39, 0.29) is 0 Å². The van der Waals surface area contributed by atoms with Crippen molar-refractivity contribution in [3.8, 4) is 0 Å². The smallest absolute Gasteiger partial charge is 0.339 e. The summed E-state index contributed by atoms with van der Waals surface area (Å²) in [4.78, 5) is 35.2. The van der Waals surface area contributed by atoms with Crippen LogP contribution in [0.5, 0.6) is 0 Å². The first kappa shape index (κ1) is 16.9. The van der Waals surface area contributed by atoms with Crippen molar-refractivity contribution < 1.29 is 37.2 Å².